The van der Waals surface area contributed by atoms with Crippen LogP contribution in [0.4, 0.5) is 0 Å². The van der Waals surface area contributed by atoms with Crippen LogP contribution in [-0.2, 0) is 11.2 Å². The summed E-state index contributed by atoms with van der Waals surface area (Å²) in [6.07, 6.45) is 4.92. The van der Waals surface area contributed by atoms with Gasteiger partial charge in [0.2, 0.25) is 0 Å². The predicted octanol–water partition coefficient (Wildman–Crippen LogP) is 3.28. The van der Waals surface area contributed by atoms with E-state index in [1.54, 1.807) is 0 Å². The van der Waals surface area contributed by atoms with Crippen molar-refractivity contribution >= 4 is 5.91 Å². The molecule has 1 atom stereocenters. The Labute approximate surface area is 173 Å². The molecule has 1 unspecified atom stereocenters. The summed E-state index contributed by atoms with van der Waals surface area (Å²) >= 11 is 0. The molecule has 0 saturated carbocycles. The second-order valence-corrected chi connectivity index (χ2v) is 8.67. The number of amides is 1. The van der Waals surface area contributed by atoms with Crippen molar-refractivity contribution in [2.24, 2.45) is 11.8 Å². The molecule has 1 saturated heterocycles. The van der Waals surface area contributed by atoms with Gasteiger partial charge < -0.3 is 14.6 Å². The molecule has 2 aromatic rings. The summed E-state index contributed by atoms with van der Waals surface area (Å²) in [5, 5.41) is 0. The third-order valence-electron chi connectivity index (χ3n) is 6.12. The smallest absolute Gasteiger partial charge is 0.260 e. The third-order valence-corrected chi connectivity index (χ3v) is 6.12. The Morgan fingerprint density at radius 3 is 2.69 bits per heavy atom. The number of likely N-dealkylation sites (tertiary alicyclic amines) is 1. The van der Waals surface area contributed by atoms with Gasteiger partial charge in [0, 0.05) is 38.3 Å². The van der Waals surface area contributed by atoms with Crippen LogP contribution in [0.1, 0.15) is 44.1 Å². The number of nitrogens with zero attached hydrogens (tertiary/aromatic N) is 3. The minimum Gasteiger partial charge on any atom is -0.484 e. The minimum absolute atomic E-state index is 0.0791. The highest BCUT2D eigenvalue weighted by Crippen LogP contribution is 2.39. The summed E-state index contributed by atoms with van der Waals surface area (Å²) in [5.41, 5.74) is 2.53. The normalized spacial score (nSPS) is 20.7. The molecule has 6 heteroatoms. The molecular weight excluding hydrogens is 364 g/mol. The van der Waals surface area contributed by atoms with E-state index in [1.807, 2.05) is 41.6 Å². The number of benzene rings is 1. The van der Waals surface area contributed by atoms with E-state index in [2.05, 4.69) is 23.7 Å². The first-order chi connectivity index (χ1) is 14.1. The van der Waals surface area contributed by atoms with E-state index in [1.165, 1.54) is 11.4 Å². The summed E-state index contributed by atoms with van der Waals surface area (Å²) in [5.74, 6) is 1.99. The lowest BCUT2D eigenvalue weighted by Crippen LogP contribution is -2.47. The van der Waals surface area contributed by atoms with Gasteiger partial charge in [-0.3, -0.25) is 9.69 Å². The number of rotatable bonds is 6. The first kappa shape index (κ1) is 20.0. The Hall–Kier alpha value is -2.34. The van der Waals surface area contributed by atoms with Gasteiger partial charge in [-0.15, -0.1) is 0 Å². The SMILES string of the molecule is CC(C)CN1CCc2[nH]cnc2C1C1CCN(C(=O)COc2ccccc2)CC1. The second-order valence-electron chi connectivity index (χ2n) is 8.67. The predicted molar refractivity (Wildman–Crippen MR) is 113 cm³/mol. The van der Waals surface area contributed by atoms with Crippen LogP contribution in [0.5, 0.6) is 5.75 Å². The average Bonchev–Trinajstić information content (AvgIpc) is 3.21. The number of ether oxygens (including phenoxy) is 1. The number of piperidine rings is 1. The summed E-state index contributed by atoms with van der Waals surface area (Å²) in [6.45, 7) is 8.46. The van der Waals surface area contributed by atoms with Crippen LogP contribution in [0.3, 0.4) is 0 Å². The minimum atomic E-state index is 0.0791. The highest BCUT2D eigenvalue weighted by atomic mass is 16.5. The van der Waals surface area contributed by atoms with Crippen LogP contribution in [0.25, 0.3) is 0 Å². The fraction of sp³-hybridized carbons (Fsp3) is 0.565. The zero-order valence-electron chi connectivity index (χ0n) is 17.5. The molecule has 6 nitrogen and oxygen atoms in total. The van der Waals surface area contributed by atoms with Crippen LogP contribution in [0, 0.1) is 11.8 Å². The van der Waals surface area contributed by atoms with Gasteiger partial charge in [-0.2, -0.15) is 0 Å². The summed E-state index contributed by atoms with van der Waals surface area (Å²) < 4.78 is 5.65. The summed E-state index contributed by atoms with van der Waals surface area (Å²) in [4.78, 5) is 25.2. The molecule has 1 aromatic carbocycles. The molecule has 0 bridgehead atoms. The topological polar surface area (TPSA) is 61.5 Å². The van der Waals surface area contributed by atoms with Gasteiger partial charge in [-0.05, 0) is 36.8 Å². The van der Waals surface area contributed by atoms with E-state index in [0.717, 1.165) is 51.2 Å². The number of H-pyrrole nitrogens is 1. The fourth-order valence-electron chi connectivity index (χ4n) is 4.77. The van der Waals surface area contributed by atoms with Crippen molar-refractivity contribution in [2.75, 3.05) is 32.8 Å². The molecule has 3 heterocycles. The van der Waals surface area contributed by atoms with E-state index in [0.29, 0.717) is 17.9 Å². The highest BCUT2D eigenvalue weighted by molar-refractivity contribution is 5.77. The number of imidazole rings is 1. The Morgan fingerprint density at radius 1 is 1.21 bits per heavy atom. The molecule has 156 valence electrons. The number of hydrogen-bond acceptors (Lipinski definition) is 4. The van der Waals surface area contributed by atoms with E-state index < -0.39 is 0 Å². The number of para-hydroxylation sites is 1. The van der Waals surface area contributed by atoms with Crippen molar-refractivity contribution in [3.63, 3.8) is 0 Å². The zero-order chi connectivity index (χ0) is 20.2. The molecular formula is C23H32N4O2. The molecule has 4 rings (SSSR count). The van der Waals surface area contributed by atoms with E-state index >= 15 is 0 Å². The molecule has 0 aliphatic carbocycles. The molecule has 1 aromatic heterocycles. The van der Waals surface area contributed by atoms with Gasteiger partial charge in [0.25, 0.3) is 5.91 Å². The van der Waals surface area contributed by atoms with Gasteiger partial charge >= 0.3 is 0 Å². The van der Waals surface area contributed by atoms with Crippen molar-refractivity contribution in [1.82, 2.24) is 19.8 Å². The fourth-order valence-corrected chi connectivity index (χ4v) is 4.77. The molecule has 1 amide bonds. The van der Waals surface area contributed by atoms with Gasteiger partial charge in [0.05, 0.1) is 18.1 Å². The lowest BCUT2D eigenvalue weighted by atomic mass is 9.83. The van der Waals surface area contributed by atoms with Crippen LogP contribution in [-0.4, -0.2) is 58.5 Å². The van der Waals surface area contributed by atoms with Crippen molar-refractivity contribution in [3.05, 3.63) is 48.0 Å². The van der Waals surface area contributed by atoms with E-state index in [-0.39, 0.29) is 12.5 Å². The molecule has 1 fully saturated rings. The monoisotopic (exact) mass is 396 g/mol. The standard InChI is InChI=1S/C23H32N4O2/c1-17(2)14-27-13-10-20-22(25-16-24-20)23(27)18-8-11-26(12-9-18)21(28)15-29-19-6-4-3-5-7-19/h3-7,16-18,23H,8-15H2,1-2H3,(H,24,25). The lowest BCUT2D eigenvalue weighted by molar-refractivity contribution is -0.135. The number of aromatic nitrogens is 2. The first-order valence-corrected chi connectivity index (χ1v) is 10.8. The lowest BCUT2D eigenvalue weighted by Gasteiger charge is -2.43. The number of aromatic amines is 1. The van der Waals surface area contributed by atoms with Crippen molar-refractivity contribution < 1.29 is 9.53 Å². The maximum Gasteiger partial charge on any atom is 0.260 e. The number of nitrogens with one attached hydrogen (secondary N) is 1. The molecule has 29 heavy (non-hydrogen) atoms. The zero-order valence-corrected chi connectivity index (χ0v) is 17.5. The van der Waals surface area contributed by atoms with Crippen LogP contribution < -0.4 is 4.74 Å². The van der Waals surface area contributed by atoms with Crippen LogP contribution in [0.15, 0.2) is 36.7 Å². The highest BCUT2D eigenvalue weighted by Gasteiger charge is 2.37. The number of fused-ring (bicyclic) bond motifs is 1. The molecule has 2 aliphatic heterocycles. The third kappa shape index (κ3) is 4.64. The molecule has 2 aliphatic rings. The second kappa shape index (κ2) is 8.99. The molecule has 0 radical (unpaired) electrons. The number of carbonyl (C=O) groups excluding carboxylic acids is 1. The van der Waals surface area contributed by atoms with E-state index in [9.17, 15) is 4.79 Å². The maximum absolute atomic E-state index is 12.6. The number of hydrogen-bond donors (Lipinski definition) is 1. The molecule has 1 N–H and O–H groups in total. The Bertz CT molecular complexity index is 796. The average molecular weight is 397 g/mol. The van der Waals surface area contributed by atoms with Crippen molar-refractivity contribution in [1.29, 1.82) is 0 Å². The van der Waals surface area contributed by atoms with E-state index in [4.69, 9.17) is 9.72 Å². The Balaban J connectivity index is 1.36. The molecule has 0 spiro atoms. The maximum atomic E-state index is 12.6. The quantitative estimate of drug-likeness (QED) is 0.814. The summed E-state index contributed by atoms with van der Waals surface area (Å²) in [7, 11) is 0. The first-order valence-electron chi connectivity index (χ1n) is 10.8. The van der Waals surface area contributed by atoms with Gasteiger partial charge in [-0.1, -0.05) is 32.0 Å². The van der Waals surface area contributed by atoms with Crippen LogP contribution >= 0.6 is 0 Å². The Morgan fingerprint density at radius 2 is 1.97 bits per heavy atom. The van der Waals surface area contributed by atoms with Gasteiger partial charge in [0.1, 0.15) is 5.75 Å². The summed E-state index contributed by atoms with van der Waals surface area (Å²) in [6, 6.07) is 9.91. The van der Waals surface area contributed by atoms with Gasteiger partial charge in [-0.25, -0.2) is 4.98 Å². The Kier molecular flexibility index (Phi) is 6.19. The van der Waals surface area contributed by atoms with Crippen molar-refractivity contribution in [3.8, 4) is 5.75 Å². The number of carbonyl (C=O) groups is 1. The largest absolute Gasteiger partial charge is 0.484 e. The van der Waals surface area contributed by atoms with Crippen molar-refractivity contribution in [2.45, 2.75) is 39.2 Å². The van der Waals surface area contributed by atoms with Gasteiger partial charge in [0.15, 0.2) is 6.61 Å². The van der Waals surface area contributed by atoms with Crippen LogP contribution in [0.2, 0.25) is 0 Å².